The molecule has 3 aromatic rings. The number of nitrogens with zero attached hydrogens (tertiary/aromatic N) is 4. The standard InChI is InChI=1S/C13H9ClF3N5OS/c1-23-6-5-7(24-10(6)14)8-9(13(15,16)17)21-22(11(8)18)12-19-3-2-4-20-12/h2-5H,18H2,1H3. The van der Waals surface area contributed by atoms with E-state index in [9.17, 15) is 13.2 Å². The third kappa shape index (κ3) is 2.78. The van der Waals surface area contributed by atoms with Crippen LogP contribution in [0.4, 0.5) is 19.0 Å². The molecule has 0 saturated heterocycles. The van der Waals surface area contributed by atoms with Gasteiger partial charge in [0, 0.05) is 23.3 Å². The minimum Gasteiger partial charge on any atom is -0.494 e. The molecule has 0 saturated carbocycles. The van der Waals surface area contributed by atoms with Crippen molar-refractivity contribution in [3.05, 3.63) is 34.6 Å². The first-order valence-electron chi connectivity index (χ1n) is 6.39. The van der Waals surface area contributed by atoms with Gasteiger partial charge in [-0.05, 0) is 6.07 Å². The van der Waals surface area contributed by atoms with Crippen LogP contribution < -0.4 is 10.5 Å². The minimum atomic E-state index is -4.72. The lowest BCUT2D eigenvalue weighted by molar-refractivity contribution is -0.140. The average molecular weight is 376 g/mol. The maximum atomic E-state index is 13.4. The number of methoxy groups -OCH3 is 1. The van der Waals surface area contributed by atoms with E-state index in [1.807, 2.05) is 0 Å². The molecular weight excluding hydrogens is 367 g/mol. The quantitative estimate of drug-likeness (QED) is 0.755. The number of halogens is 4. The SMILES string of the molecule is COc1cc(-c2c(C(F)(F)F)nn(-c3ncccn3)c2N)sc1Cl. The van der Waals surface area contributed by atoms with E-state index >= 15 is 0 Å². The smallest absolute Gasteiger partial charge is 0.435 e. The van der Waals surface area contributed by atoms with Gasteiger partial charge in [-0.25, -0.2) is 9.97 Å². The van der Waals surface area contributed by atoms with Crippen molar-refractivity contribution in [1.82, 2.24) is 19.7 Å². The van der Waals surface area contributed by atoms with E-state index in [-0.39, 0.29) is 32.3 Å². The van der Waals surface area contributed by atoms with Crippen molar-refractivity contribution in [3.63, 3.8) is 0 Å². The molecule has 3 heterocycles. The lowest BCUT2D eigenvalue weighted by Crippen LogP contribution is -2.09. The molecule has 0 radical (unpaired) electrons. The van der Waals surface area contributed by atoms with Crippen LogP contribution in [-0.2, 0) is 6.18 Å². The molecule has 0 aliphatic carbocycles. The Morgan fingerprint density at radius 1 is 1.29 bits per heavy atom. The lowest BCUT2D eigenvalue weighted by Gasteiger charge is -2.04. The van der Waals surface area contributed by atoms with E-state index in [1.54, 1.807) is 0 Å². The summed E-state index contributed by atoms with van der Waals surface area (Å²) < 4.78 is 46.3. The Morgan fingerprint density at radius 3 is 2.50 bits per heavy atom. The number of rotatable bonds is 3. The number of thiophene rings is 1. The fourth-order valence-electron chi connectivity index (χ4n) is 2.04. The Kier molecular flexibility index (Phi) is 4.10. The molecule has 24 heavy (non-hydrogen) atoms. The predicted octanol–water partition coefficient (Wildman–Crippen LogP) is 3.65. The molecule has 6 nitrogen and oxygen atoms in total. The van der Waals surface area contributed by atoms with Gasteiger partial charge >= 0.3 is 6.18 Å². The minimum absolute atomic E-state index is 0.0682. The molecule has 0 spiro atoms. The topological polar surface area (TPSA) is 78.8 Å². The first kappa shape index (κ1) is 16.5. The zero-order chi connectivity index (χ0) is 17.5. The Balaban J connectivity index is 2.26. The highest BCUT2D eigenvalue weighted by molar-refractivity contribution is 7.19. The number of hydrogen-bond donors (Lipinski definition) is 1. The van der Waals surface area contributed by atoms with Crippen molar-refractivity contribution in [2.45, 2.75) is 6.18 Å². The fourth-order valence-corrected chi connectivity index (χ4v) is 3.33. The van der Waals surface area contributed by atoms with Gasteiger partial charge in [-0.1, -0.05) is 11.6 Å². The first-order valence-corrected chi connectivity index (χ1v) is 7.59. The highest BCUT2D eigenvalue weighted by atomic mass is 35.5. The summed E-state index contributed by atoms with van der Waals surface area (Å²) in [7, 11) is 1.37. The predicted molar refractivity (Wildman–Crippen MR) is 83.4 cm³/mol. The van der Waals surface area contributed by atoms with Crippen molar-refractivity contribution in [1.29, 1.82) is 0 Å². The molecule has 11 heteroatoms. The first-order chi connectivity index (χ1) is 11.3. The molecule has 3 rings (SSSR count). The zero-order valence-electron chi connectivity index (χ0n) is 12.0. The van der Waals surface area contributed by atoms with Crippen LogP contribution in [0.1, 0.15) is 5.69 Å². The van der Waals surface area contributed by atoms with Gasteiger partial charge in [-0.15, -0.1) is 11.3 Å². The summed E-state index contributed by atoms with van der Waals surface area (Å²) in [6.07, 6.45) is -1.96. The van der Waals surface area contributed by atoms with Gasteiger partial charge in [0.2, 0.25) is 0 Å². The second-order valence-electron chi connectivity index (χ2n) is 4.52. The maximum Gasteiger partial charge on any atom is 0.435 e. The monoisotopic (exact) mass is 375 g/mol. The van der Waals surface area contributed by atoms with Crippen LogP contribution >= 0.6 is 22.9 Å². The van der Waals surface area contributed by atoms with E-state index in [0.717, 1.165) is 16.0 Å². The summed E-state index contributed by atoms with van der Waals surface area (Å²) in [5.74, 6) is -0.0524. The highest BCUT2D eigenvalue weighted by Crippen LogP contribution is 2.46. The Morgan fingerprint density at radius 2 is 1.96 bits per heavy atom. The summed E-state index contributed by atoms with van der Waals surface area (Å²) in [6, 6.07) is 2.91. The molecule has 126 valence electrons. The van der Waals surface area contributed by atoms with Crippen molar-refractivity contribution < 1.29 is 17.9 Å². The van der Waals surface area contributed by atoms with E-state index < -0.39 is 11.9 Å². The second-order valence-corrected chi connectivity index (χ2v) is 6.17. The molecule has 0 fully saturated rings. The number of aromatic nitrogens is 4. The highest BCUT2D eigenvalue weighted by Gasteiger charge is 2.40. The number of anilines is 1. The third-order valence-corrected chi connectivity index (χ3v) is 4.39. The maximum absolute atomic E-state index is 13.4. The molecule has 0 aliphatic rings. The van der Waals surface area contributed by atoms with E-state index in [1.165, 1.54) is 31.6 Å². The summed E-state index contributed by atoms with van der Waals surface area (Å²) in [6.45, 7) is 0. The second kappa shape index (κ2) is 5.95. The van der Waals surface area contributed by atoms with Crippen LogP contribution in [0.5, 0.6) is 5.75 Å². The molecule has 0 amide bonds. The van der Waals surface area contributed by atoms with Crippen molar-refractivity contribution in [2.24, 2.45) is 0 Å². The van der Waals surface area contributed by atoms with Crippen LogP contribution in [0.3, 0.4) is 0 Å². The average Bonchev–Trinajstić information content (AvgIpc) is 3.07. The molecule has 2 N–H and O–H groups in total. The van der Waals surface area contributed by atoms with Gasteiger partial charge in [-0.2, -0.15) is 23.0 Å². The van der Waals surface area contributed by atoms with E-state index in [4.69, 9.17) is 22.1 Å². The van der Waals surface area contributed by atoms with E-state index in [0.29, 0.717) is 0 Å². The molecule has 3 aromatic heterocycles. The van der Waals surface area contributed by atoms with Gasteiger partial charge < -0.3 is 10.5 Å². The van der Waals surface area contributed by atoms with Crippen LogP contribution in [0, 0.1) is 0 Å². The Hall–Kier alpha value is -2.33. The number of alkyl halides is 3. The van der Waals surface area contributed by atoms with Gasteiger partial charge in [-0.3, -0.25) is 0 Å². The van der Waals surface area contributed by atoms with Crippen LogP contribution in [0.15, 0.2) is 24.5 Å². The number of hydrogen-bond acceptors (Lipinski definition) is 6. The molecule has 0 unspecified atom stereocenters. The van der Waals surface area contributed by atoms with Crippen molar-refractivity contribution >= 4 is 28.8 Å². The van der Waals surface area contributed by atoms with Crippen LogP contribution in [0.2, 0.25) is 4.34 Å². The number of nitrogen functional groups attached to an aromatic ring is 1. The summed E-state index contributed by atoms with van der Waals surface area (Å²) in [5.41, 5.74) is 4.48. The molecular formula is C13H9ClF3N5OS. The Labute approximate surface area is 142 Å². The molecule has 0 aromatic carbocycles. The van der Waals surface area contributed by atoms with Crippen molar-refractivity contribution in [3.8, 4) is 22.1 Å². The van der Waals surface area contributed by atoms with Crippen molar-refractivity contribution in [2.75, 3.05) is 12.8 Å². The summed E-state index contributed by atoms with van der Waals surface area (Å²) in [4.78, 5) is 7.93. The van der Waals surface area contributed by atoms with Gasteiger partial charge in [0.05, 0.1) is 12.7 Å². The molecule has 0 bridgehead atoms. The summed E-state index contributed by atoms with van der Waals surface area (Å²) >= 11 is 6.87. The van der Waals surface area contributed by atoms with Gasteiger partial charge in [0.15, 0.2) is 5.69 Å². The fraction of sp³-hybridized carbons (Fsp3) is 0.154. The third-order valence-electron chi connectivity index (χ3n) is 3.05. The molecule has 0 atom stereocenters. The van der Waals surface area contributed by atoms with Gasteiger partial charge in [0.25, 0.3) is 5.95 Å². The van der Waals surface area contributed by atoms with E-state index in [2.05, 4.69) is 15.1 Å². The Bertz CT molecular complexity index is 878. The largest absolute Gasteiger partial charge is 0.494 e. The lowest BCUT2D eigenvalue weighted by atomic mass is 10.2. The normalized spacial score (nSPS) is 11.7. The zero-order valence-corrected chi connectivity index (χ0v) is 13.6. The van der Waals surface area contributed by atoms with Crippen LogP contribution in [0.25, 0.3) is 16.4 Å². The number of ether oxygens (including phenoxy) is 1. The number of nitrogens with two attached hydrogens (primary N) is 1. The van der Waals surface area contributed by atoms with Crippen LogP contribution in [-0.4, -0.2) is 26.9 Å². The summed E-state index contributed by atoms with van der Waals surface area (Å²) in [5, 5.41) is 3.56. The van der Waals surface area contributed by atoms with Gasteiger partial charge in [0.1, 0.15) is 15.9 Å². The molecule has 0 aliphatic heterocycles.